The van der Waals surface area contributed by atoms with Gasteiger partial charge in [-0.3, -0.25) is 4.68 Å². The van der Waals surface area contributed by atoms with Crippen LogP contribution in [0, 0.1) is 6.92 Å². The van der Waals surface area contributed by atoms with Crippen LogP contribution >= 0.6 is 0 Å². The number of nitrogens with zero attached hydrogens (tertiary/aromatic N) is 2. The van der Waals surface area contributed by atoms with Crippen LogP contribution in [-0.4, -0.2) is 15.7 Å². The standard InChI is InChI=1S/C14H17N3O2/c1-9(2)17-13(11(15)8-16-17)14(18)19-12-7-5-4-6-10(12)3/h4-9H,15H2,1-3H3. The van der Waals surface area contributed by atoms with Crippen molar-refractivity contribution in [1.29, 1.82) is 0 Å². The van der Waals surface area contributed by atoms with Crippen LogP contribution in [0.15, 0.2) is 30.5 Å². The maximum absolute atomic E-state index is 12.2. The SMILES string of the molecule is Cc1ccccc1OC(=O)c1c(N)cnn1C(C)C. The highest BCUT2D eigenvalue weighted by Gasteiger charge is 2.21. The van der Waals surface area contributed by atoms with Crippen LogP contribution in [0.4, 0.5) is 5.69 Å². The predicted octanol–water partition coefficient (Wildman–Crippen LogP) is 2.57. The van der Waals surface area contributed by atoms with Crippen molar-refractivity contribution >= 4 is 11.7 Å². The third-order valence-corrected chi connectivity index (χ3v) is 2.80. The summed E-state index contributed by atoms with van der Waals surface area (Å²) < 4.78 is 6.95. The molecule has 0 saturated carbocycles. The molecule has 2 N–H and O–H groups in total. The van der Waals surface area contributed by atoms with Gasteiger partial charge in [0, 0.05) is 6.04 Å². The van der Waals surface area contributed by atoms with E-state index in [1.54, 1.807) is 10.7 Å². The molecule has 5 nitrogen and oxygen atoms in total. The minimum absolute atomic E-state index is 0.0386. The molecule has 1 aromatic carbocycles. The summed E-state index contributed by atoms with van der Waals surface area (Å²) in [4.78, 5) is 12.2. The minimum Gasteiger partial charge on any atom is -0.421 e. The molecule has 2 rings (SSSR count). The number of para-hydroxylation sites is 1. The number of aromatic nitrogens is 2. The zero-order valence-electron chi connectivity index (χ0n) is 11.3. The molecule has 0 spiro atoms. The highest BCUT2D eigenvalue weighted by Crippen LogP contribution is 2.21. The Morgan fingerprint density at radius 2 is 2.05 bits per heavy atom. The number of anilines is 1. The maximum Gasteiger partial charge on any atom is 0.364 e. The molecule has 5 heteroatoms. The normalized spacial score (nSPS) is 10.7. The number of nitrogens with two attached hydrogens (primary N) is 1. The summed E-state index contributed by atoms with van der Waals surface area (Å²) in [5.74, 6) is 0.0430. The zero-order chi connectivity index (χ0) is 14.0. The molecule has 0 aliphatic carbocycles. The van der Waals surface area contributed by atoms with Crippen LogP contribution in [0.3, 0.4) is 0 Å². The smallest absolute Gasteiger partial charge is 0.364 e. The van der Waals surface area contributed by atoms with Gasteiger partial charge >= 0.3 is 5.97 Å². The van der Waals surface area contributed by atoms with E-state index in [0.29, 0.717) is 17.1 Å². The van der Waals surface area contributed by atoms with Crippen molar-refractivity contribution in [2.75, 3.05) is 5.73 Å². The lowest BCUT2D eigenvalue weighted by molar-refractivity contribution is 0.0719. The lowest BCUT2D eigenvalue weighted by Crippen LogP contribution is -2.18. The fourth-order valence-corrected chi connectivity index (χ4v) is 1.80. The van der Waals surface area contributed by atoms with Gasteiger partial charge in [-0.25, -0.2) is 4.79 Å². The van der Waals surface area contributed by atoms with Crippen LogP contribution in [-0.2, 0) is 0 Å². The Kier molecular flexibility index (Phi) is 3.55. The number of esters is 1. The van der Waals surface area contributed by atoms with Gasteiger partial charge < -0.3 is 10.5 Å². The van der Waals surface area contributed by atoms with E-state index in [0.717, 1.165) is 5.56 Å². The van der Waals surface area contributed by atoms with Gasteiger partial charge in [0.1, 0.15) is 5.75 Å². The molecule has 100 valence electrons. The van der Waals surface area contributed by atoms with Gasteiger partial charge in [-0.15, -0.1) is 0 Å². The molecule has 0 saturated heterocycles. The van der Waals surface area contributed by atoms with Gasteiger partial charge in [0.2, 0.25) is 0 Å². The second-order valence-corrected chi connectivity index (χ2v) is 4.64. The first-order chi connectivity index (χ1) is 9.00. The van der Waals surface area contributed by atoms with Crippen molar-refractivity contribution in [2.24, 2.45) is 0 Å². The Labute approximate surface area is 112 Å². The van der Waals surface area contributed by atoms with Gasteiger partial charge in [0.15, 0.2) is 5.69 Å². The Hall–Kier alpha value is -2.30. The lowest BCUT2D eigenvalue weighted by Gasteiger charge is -2.12. The van der Waals surface area contributed by atoms with Crippen LogP contribution in [0.25, 0.3) is 0 Å². The average Bonchev–Trinajstić information content (AvgIpc) is 2.74. The van der Waals surface area contributed by atoms with Gasteiger partial charge in [-0.2, -0.15) is 5.10 Å². The second kappa shape index (κ2) is 5.14. The molecule has 0 aliphatic rings. The lowest BCUT2D eigenvalue weighted by atomic mass is 10.2. The summed E-state index contributed by atoms with van der Waals surface area (Å²) in [6.07, 6.45) is 1.47. The van der Waals surface area contributed by atoms with Crippen LogP contribution in [0.2, 0.25) is 0 Å². The molecule has 1 aromatic heterocycles. The van der Waals surface area contributed by atoms with Crippen LogP contribution in [0.1, 0.15) is 35.9 Å². The van der Waals surface area contributed by atoms with E-state index in [9.17, 15) is 4.79 Å². The Morgan fingerprint density at radius 3 is 2.68 bits per heavy atom. The number of ether oxygens (including phenoxy) is 1. The highest BCUT2D eigenvalue weighted by molar-refractivity contribution is 5.94. The molecule has 19 heavy (non-hydrogen) atoms. The molecule has 1 heterocycles. The van der Waals surface area contributed by atoms with E-state index >= 15 is 0 Å². The van der Waals surface area contributed by atoms with E-state index in [-0.39, 0.29) is 6.04 Å². The van der Waals surface area contributed by atoms with Crippen LogP contribution < -0.4 is 10.5 Å². The summed E-state index contributed by atoms with van der Waals surface area (Å²) >= 11 is 0. The maximum atomic E-state index is 12.2. The summed E-state index contributed by atoms with van der Waals surface area (Å²) in [5.41, 5.74) is 7.30. The molecule has 0 amide bonds. The predicted molar refractivity (Wildman–Crippen MR) is 73.2 cm³/mol. The summed E-state index contributed by atoms with van der Waals surface area (Å²) in [6, 6.07) is 7.38. The van der Waals surface area contributed by atoms with Crippen LogP contribution in [0.5, 0.6) is 5.75 Å². The van der Waals surface area contributed by atoms with E-state index in [1.165, 1.54) is 6.20 Å². The minimum atomic E-state index is -0.488. The Bertz CT molecular complexity index is 602. The molecular weight excluding hydrogens is 242 g/mol. The van der Waals surface area contributed by atoms with Crippen molar-refractivity contribution in [3.05, 3.63) is 41.7 Å². The van der Waals surface area contributed by atoms with Gasteiger partial charge in [-0.1, -0.05) is 18.2 Å². The third kappa shape index (κ3) is 2.59. The summed E-state index contributed by atoms with van der Waals surface area (Å²) in [5, 5.41) is 4.09. The van der Waals surface area contributed by atoms with Crippen molar-refractivity contribution in [3.63, 3.8) is 0 Å². The second-order valence-electron chi connectivity index (χ2n) is 4.64. The highest BCUT2D eigenvalue weighted by atomic mass is 16.5. The largest absolute Gasteiger partial charge is 0.421 e. The zero-order valence-corrected chi connectivity index (χ0v) is 11.3. The molecule has 0 atom stereocenters. The van der Waals surface area contributed by atoms with Crippen molar-refractivity contribution in [3.8, 4) is 5.75 Å². The fourth-order valence-electron chi connectivity index (χ4n) is 1.80. The van der Waals surface area contributed by atoms with Gasteiger partial charge in [0.25, 0.3) is 0 Å². The van der Waals surface area contributed by atoms with E-state index in [2.05, 4.69) is 5.10 Å². The van der Waals surface area contributed by atoms with Gasteiger partial charge in [-0.05, 0) is 32.4 Å². The summed E-state index contributed by atoms with van der Waals surface area (Å²) in [6.45, 7) is 5.74. The number of rotatable bonds is 3. The van der Waals surface area contributed by atoms with E-state index in [4.69, 9.17) is 10.5 Å². The van der Waals surface area contributed by atoms with Gasteiger partial charge in [0.05, 0.1) is 11.9 Å². The fraction of sp³-hybridized carbons (Fsp3) is 0.286. The first-order valence-electron chi connectivity index (χ1n) is 6.11. The number of aryl methyl sites for hydroxylation is 1. The summed E-state index contributed by atoms with van der Waals surface area (Å²) in [7, 11) is 0. The molecule has 0 fully saturated rings. The first kappa shape index (κ1) is 13.1. The van der Waals surface area contributed by atoms with E-state index < -0.39 is 5.97 Å². The number of hydrogen-bond acceptors (Lipinski definition) is 4. The quantitative estimate of drug-likeness (QED) is 0.679. The number of carbonyl (C=O) groups excluding carboxylic acids is 1. The number of hydrogen-bond donors (Lipinski definition) is 1. The molecule has 0 bridgehead atoms. The molecule has 0 radical (unpaired) electrons. The van der Waals surface area contributed by atoms with Crippen molar-refractivity contribution < 1.29 is 9.53 Å². The average molecular weight is 259 g/mol. The monoisotopic (exact) mass is 259 g/mol. The molecule has 0 aliphatic heterocycles. The first-order valence-corrected chi connectivity index (χ1v) is 6.11. The Morgan fingerprint density at radius 1 is 1.37 bits per heavy atom. The van der Waals surface area contributed by atoms with E-state index in [1.807, 2.05) is 39.0 Å². The third-order valence-electron chi connectivity index (χ3n) is 2.80. The number of carbonyl (C=O) groups is 1. The topological polar surface area (TPSA) is 70.1 Å². The number of benzene rings is 1. The van der Waals surface area contributed by atoms with Crippen molar-refractivity contribution in [2.45, 2.75) is 26.8 Å². The molecule has 2 aromatic rings. The Balaban J connectivity index is 2.31. The number of nitrogen functional groups attached to an aromatic ring is 1. The molecular formula is C14H17N3O2. The van der Waals surface area contributed by atoms with Crippen molar-refractivity contribution in [1.82, 2.24) is 9.78 Å². The molecule has 0 unspecified atom stereocenters.